The Labute approximate surface area is 105 Å². The molecule has 0 aliphatic carbocycles. The third-order valence-electron chi connectivity index (χ3n) is 2.93. The van der Waals surface area contributed by atoms with Crippen molar-refractivity contribution in [2.45, 2.75) is 19.3 Å². The van der Waals surface area contributed by atoms with Gasteiger partial charge in [0.15, 0.2) is 0 Å². The van der Waals surface area contributed by atoms with Crippen LogP contribution in [0.2, 0.25) is 0 Å². The van der Waals surface area contributed by atoms with Crippen LogP contribution in [0.1, 0.15) is 18.4 Å². The van der Waals surface area contributed by atoms with Gasteiger partial charge in [0.25, 0.3) is 0 Å². The van der Waals surface area contributed by atoms with Crippen molar-refractivity contribution < 1.29 is 5.11 Å². The normalized spacial score (nSPS) is 11.2. The number of aliphatic hydroxyl groups is 1. The number of hydrogen-bond donors (Lipinski definition) is 4. The largest absolute Gasteiger partial charge is 0.396 e. The Balaban J connectivity index is 1.82. The van der Waals surface area contributed by atoms with E-state index in [1.807, 2.05) is 18.2 Å². The van der Waals surface area contributed by atoms with E-state index in [4.69, 9.17) is 5.11 Å². The molecule has 0 radical (unpaired) electrons. The first-order valence-corrected chi connectivity index (χ1v) is 6.32. The Morgan fingerprint density at radius 3 is 2.78 bits per heavy atom. The highest BCUT2D eigenvalue weighted by molar-refractivity contribution is 5.74. The summed E-state index contributed by atoms with van der Waals surface area (Å²) in [7, 11) is 0. The molecule has 0 amide bonds. The molecule has 0 aliphatic rings. The molecule has 0 bridgehead atoms. The molecule has 0 spiro atoms. The number of H-pyrrole nitrogens is 2. The van der Waals surface area contributed by atoms with E-state index in [-0.39, 0.29) is 12.3 Å². The highest BCUT2D eigenvalue weighted by atomic mass is 16.2. The van der Waals surface area contributed by atoms with E-state index < -0.39 is 0 Å². The van der Waals surface area contributed by atoms with E-state index in [0.717, 1.165) is 43.4 Å². The molecule has 2 aromatic rings. The van der Waals surface area contributed by atoms with Gasteiger partial charge in [-0.2, -0.15) is 0 Å². The highest BCUT2D eigenvalue weighted by Crippen LogP contribution is 2.10. The molecule has 0 atom stereocenters. The quantitative estimate of drug-likeness (QED) is 0.547. The van der Waals surface area contributed by atoms with E-state index in [2.05, 4.69) is 15.3 Å². The maximum Gasteiger partial charge on any atom is 0.323 e. The van der Waals surface area contributed by atoms with Gasteiger partial charge in [0.2, 0.25) is 0 Å². The van der Waals surface area contributed by atoms with Gasteiger partial charge in [-0.25, -0.2) is 4.79 Å². The van der Waals surface area contributed by atoms with Gasteiger partial charge >= 0.3 is 5.69 Å². The fraction of sp³-hybridized carbons (Fsp3) is 0.462. The van der Waals surface area contributed by atoms with E-state index >= 15 is 0 Å². The van der Waals surface area contributed by atoms with Crippen molar-refractivity contribution in [1.82, 2.24) is 15.3 Å². The lowest BCUT2D eigenvalue weighted by Crippen LogP contribution is -2.18. The number of hydrogen-bond acceptors (Lipinski definition) is 3. The summed E-state index contributed by atoms with van der Waals surface area (Å²) in [5.41, 5.74) is 2.74. The second-order valence-corrected chi connectivity index (χ2v) is 4.39. The zero-order chi connectivity index (χ0) is 12.8. The topological polar surface area (TPSA) is 80.9 Å². The summed E-state index contributed by atoms with van der Waals surface area (Å²) in [4.78, 5) is 16.6. The van der Waals surface area contributed by atoms with Crippen LogP contribution in [0.5, 0.6) is 0 Å². The first-order chi connectivity index (χ1) is 8.79. The highest BCUT2D eigenvalue weighted by Gasteiger charge is 1.99. The molecule has 1 heterocycles. The minimum atomic E-state index is -0.163. The van der Waals surface area contributed by atoms with Crippen molar-refractivity contribution in [2.75, 3.05) is 19.7 Å². The number of nitrogens with one attached hydrogen (secondary N) is 3. The van der Waals surface area contributed by atoms with Gasteiger partial charge < -0.3 is 20.4 Å². The van der Waals surface area contributed by atoms with Crippen LogP contribution in [0, 0.1) is 0 Å². The second kappa shape index (κ2) is 6.37. The third-order valence-corrected chi connectivity index (χ3v) is 2.93. The van der Waals surface area contributed by atoms with E-state index in [0.29, 0.717) is 0 Å². The van der Waals surface area contributed by atoms with Crippen LogP contribution in [0.3, 0.4) is 0 Å². The third kappa shape index (κ3) is 3.45. The van der Waals surface area contributed by atoms with Crippen LogP contribution in [0.15, 0.2) is 23.0 Å². The summed E-state index contributed by atoms with van der Waals surface area (Å²) >= 11 is 0. The molecule has 0 aliphatic heterocycles. The fourth-order valence-corrected chi connectivity index (χ4v) is 1.95. The number of aliphatic hydroxyl groups excluding tert-OH is 1. The predicted octanol–water partition coefficient (Wildman–Crippen LogP) is 0.761. The van der Waals surface area contributed by atoms with Gasteiger partial charge in [-0.3, -0.25) is 0 Å². The van der Waals surface area contributed by atoms with Gasteiger partial charge in [-0.15, -0.1) is 0 Å². The van der Waals surface area contributed by atoms with E-state index in [1.54, 1.807) is 0 Å². The smallest absolute Gasteiger partial charge is 0.323 e. The number of benzene rings is 1. The zero-order valence-electron chi connectivity index (χ0n) is 10.3. The number of rotatable bonds is 7. The Bertz CT molecular complexity index is 544. The Hall–Kier alpha value is -1.59. The lowest BCUT2D eigenvalue weighted by atomic mass is 10.1. The Morgan fingerprint density at radius 2 is 1.94 bits per heavy atom. The van der Waals surface area contributed by atoms with Crippen molar-refractivity contribution in [3.05, 3.63) is 34.2 Å². The minimum absolute atomic E-state index is 0.163. The maximum atomic E-state index is 11.1. The number of aromatic amines is 2. The van der Waals surface area contributed by atoms with Crippen molar-refractivity contribution in [3.8, 4) is 0 Å². The van der Waals surface area contributed by atoms with E-state index in [1.165, 1.54) is 5.56 Å². The van der Waals surface area contributed by atoms with Crippen LogP contribution in [-0.2, 0) is 6.42 Å². The molecule has 5 heteroatoms. The maximum absolute atomic E-state index is 11.1. The van der Waals surface area contributed by atoms with Gasteiger partial charge in [-0.05, 0) is 50.0 Å². The summed E-state index contributed by atoms with van der Waals surface area (Å²) in [6.45, 7) is 2.11. The van der Waals surface area contributed by atoms with Crippen molar-refractivity contribution in [3.63, 3.8) is 0 Å². The van der Waals surface area contributed by atoms with Gasteiger partial charge in [0.05, 0.1) is 11.0 Å². The molecule has 4 N–H and O–H groups in total. The molecule has 0 saturated carbocycles. The standard InChI is InChI=1S/C13H19N3O2/c17-8-2-1-6-14-7-5-10-3-4-11-12(9-10)16-13(18)15-11/h3-4,9,14,17H,1-2,5-8H2,(H2,15,16,18). The average molecular weight is 249 g/mol. The molecule has 5 nitrogen and oxygen atoms in total. The van der Waals surface area contributed by atoms with Crippen molar-refractivity contribution in [1.29, 1.82) is 0 Å². The predicted molar refractivity (Wildman–Crippen MR) is 71.8 cm³/mol. The van der Waals surface area contributed by atoms with Gasteiger partial charge in [0.1, 0.15) is 0 Å². The molecule has 0 unspecified atom stereocenters. The minimum Gasteiger partial charge on any atom is -0.396 e. The van der Waals surface area contributed by atoms with E-state index in [9.17, 15) is 4.79 Å². The molecular formula is C13H19N3O2. The first-order valence-electron chi connectivity index (χ1n) is 6.32. The summed E-state index contributed by atoms with van der Waals surface area (Å²) < 4.78 is 0. The van der Waals surface area contributed by atoms with Crippen LogP contribution in [0.25, 0.3) is 11.0 Å². The second-order valence-electron chi connectivity index (χ2n) is 4.39. The number of fused-ring (bicyclic) bond motifs is 1. The molecule has 18 heavy (non-hydrogen) atoms. The van der Waals surface area contributed by atoms with Crippen LogP contribution >= 0.6 is 0 Å². The lowest BCUT2D eigenvalue weighted by Gasteiger charge is -2.04. The molecule has 98 valence electrons. The van der Waals surface area contributed by atoms with Crippen molar-refractivity contribution >= 4 is 11.0 Å². The van der Waals surface area contributed by atoms with Gasteiger partial charge in [0, 0.05) is 6.61 Å². The Morgan fingerprint density at radius 1 is 1.11 bits per heavy atom. The Kier molecular flexibility index (Phi) is 4.55. The summed E-state index contributed by atoms with van der Waals surface area (Å²) in [5.74, 6) is 0. The number of unbranched alkanes of at least 4 members (excludes halogenated alkanes) is 1. The number of imidazole rings is 1. The average Bonchev–Trinajstić information content (AvgIpc) is 2.73. The zero-order valence-corrected chi connectivity index (χ0v) is 10.3. The van der Waals surface area contributed by atoms with Crippen LogP contribution in [-0.4, -0.2) is 34.8 Å². The number of aromatic nitrogens is 2. The molecular weight excluding hydrogens is 230 g/mol. The van der Waals surface area contributed by atoms with Crippen molar-refractivity contribution in [2.24, 2.45) is 0 Å². The summed E-state index contributed by atoms with van der Waals surface area (Å²) in [6.07, 6.45) is 2.78. The fourth-order valence-electron chi connectivity index (χ4n) is 1.95. The molecule has 0 fully saturated rings. The molecule has 1 aromatic heterocycles. The molecule has 0 saturated heterocycles. The first kappa shape index (κ1) is 12.9. The molecule has 2 rings (SSSR count). The summed E-state index contributed by atoms with van der Waals surface area (Å²) in [6, 6.07) is 5.96. The molecule has 1 aromatic carbocycles. The monoisotopic (exact) mass is 249 g/mol. The van der Waals surface area contributed by atoms with Crippen LogP contribution in [0.4, 0.5) is 0 Å². The van der Waals surface area contributed by atoms with Crippen LogP contribution < -0.4 is 11.0 Å². The van der Waals surface area contributed by atoms with Gasteiger partial charge in [-0.1, -0.05) is 6.07 Å². The SMILES string of the molecule is O=c1[nH]c2ccc(CCNCCCCO)cc2[nH]1. The summed E-state index contributed by atoms with van der Waals surface area (Å²) in [5, 5.41) is 12.0. The lowest BCUT2D eigenvalue weighted by molar-refractivity contribution is 0.284.